The van der Waals surface area contributed by atoms with Crippen LogP contribution in [0.4, 0.5) is 17.6 Å². The number of ether oxygens (including phenoxy) is 1. The number of nitriles is 1. The molecule has 182 valence electrons. The van der Waals surface area contributed by atoms with Gasteiger partial charge < -0.3 is 15.2 Å². The van der Waals surface area contributed by atoms with E-state index in [-0.39, 0.29) is 27.8 Å². The van der Waals surface area contributed by atoms with Crippen LogP contribution in [0.5, 0.6) is 5.75 Å². The summed E-state index contributed by atoms with van der Waals surface area (Å²) in [4.78, 5) is 7.84. The Morgan fingerprint density at radius 1 is 1.00 bits per heavy atom. The summed E-state index contributed by atoms with van der Waals surface area (Å²) >= 11 is 0. The van der Waals surface area contributed by atoms with Gasteiger partial charge in [-0.15, -0.1) is 0 Å². The maximum atomic E-state index is 13.6. The Morgan fingerprint density at radius 2 is 1.74 bits per heavy atom. The SMILES string of the molecule is CC(C)(C)c1ccc2nc(-c3ccc(C#N)c(OCc4cc(F)ccc4C(F)(F)F)c3)[nH]c2c1.O. The third kappa shape index (κ3) is 5.44. The van der Waals surface area contributed by atoms with Crippen molar-refractivity contribution >= 4 is 11.0 Å². The third-order valence-corrected chi connectivity index (χ3v) is 5.48. The van der Waals surface area contributed by atoms with Crippen LogP contribution in [0.15, 0.2) is 54.6 Å². The Labute approximate surface area is 199 Å². The largest absolute Gasteiger partial charge is 0.487 e. The fourth-order valence-corrected chi connectivity index (χ4v) is 3.61. The van der Waals surface area contributed by atoms with E-state index in [1.165, 1.54) is 12.1 Å². The summed E-state index contributed by atoms with van der Waals surface area (Å²) in [6.07, 6.45) is -4.66. The highest BCUT2D eigenvalue weighted by Gasteiger charge is 2.33. The fraction of sp³-hybridized carbons (Fsp3) is 0.231. The Hall–Kier alpha value is -3.90. The minimum atomic E-state index is -4.66. The highest BCUT2D eigenvalue weighted by molar-refractivity contribution is 5.80. The molecular weight excluding hydrogens is 462 g/mol. The molecule has 0 fully saturated rings. The summed E-state index contributed by atoms with van der Waals surface area (Å²) in [7, 11) is 0. The first kappa shape index (κ1) is 25.7. The Balaban J connectivity index is 0.00000342. The maximum Gasteiger partial charge on any atom is 0.416 e. The molecule has 0 radical (unpaired) electrons. The van der Waals surface area contributed by atoms with Gasteiger partial charge in [0.15, 0.2) is 0 Å². The lowest BCUT2D eigenvalue weighted by Crippen LogP contribution is -2.11. The van der Waals surface area contributed by atoms with Crippen molar-refractivity contribution in [2.75, 3.05) is 0 Å². The number of alkyl halides is 3. The molecule has 9 heteroatoms. The number of benzene rings is 3. The summed E-state index contributed by atoms with van der Waals surface area (Å²) in [5.74, 6) is -0.205. The van der Waals surface area contributed by atoms with Gasteiger partial charge in [0.05, 0.1) is 22.2 Å². The Kier molecular flexibility index (Phi) is 6.90. The van der Waals surface area contributed by atoms with Crippen LogP contribution < -0.4 is 4.74 Å². The minimum absolute atomic E-state index is 0. The van der Waals surface area contributed by atoms with E-state index in [9.17, 15) is 22.8 Å². The van der Waals surface area contributed by atoms with E-state index in [2.05, 4.69) is 30.7 Å². The number of halogens is 4. The molecule has 5 nitrogen and oxygen atoms in total. The first-order valence-electron chi connectivity index (χ1n) is 10.5. The molecule has 0 spiro atoms. The van der Waals surface area contributed by atoms with Crippen molar-refractivity contribution in [3.8, 4) is 23.2 Å². The number of nitrogens with zero attached hydrogens (tertiary/aromatic N) is 2. The van der Waals surface area contributed by atoms with Crippen LogP contribution in [0.1, 0.15) is 43.0 Å². The van der Waals surface area contributed by atoms with Gasteiger partial charge in [0.25, 0.3) is 0 Å². The van der Waals surface area contributed by atoms with Gasteiger partial charge in [-0.3, -0.25) is 0 Å². The summed E-state index contributed by atoms with van der Waals surface area (Å²) in [5, 5.41) is 9.43. The number of H-pyrrole nitrogens is 1. The van der Waals surface area contributed by atoms with Gasteiger partial charge >= 0.3 is 6.18 Å². The summed E-state index contributed by atoms with van der Waals surface area (Å²) in [6, 6.07) is 14.8. The zero-order valence-corrected chi connectivity index (χ0v) is 19.2. The van der Waals surface area contributed by atoms with Crippen molar-refractivity contribution in [1.82, 2.24) is 9.97 Å². The average Bonchev–Trinajstić information content (AvgIpc) is 3.19. The van der Waals surface area contributed by atoms with Crippen molar-refractivity contribution in [2.45, 2.75) is 39.0 Å². The van der Waals surface area contributed by atoms with Gasteiger partial charge in [0.2, 0.25) is 0 Å². The van der Waals surface area contributed by atoms with Gasteiger partial charge in [-0.25, -0.2) is 9.37 Å². The number of nitrogens with one attached hydrogen (secondary N) is 1. The number of aromatic nitrogens is 2. The molecule has 0 saturated carbocycles. The molecule has 0 saturated heterocycles. The lowest BCUT2D eigenvalue weighted by molar-refractivity contribution is -0.138. The molecule has 0 aliphatic rings. The average molecular weight is 485 g/mol. The molecule has 1 aromatic heterocycles. The minimum Gasteiger partial charge on any atom is -0.487 e. The van der Waals surface area contributed by atoms with Crippen LogP contribution in [0.2, 0.25) is 0 Å². The maximum absolute atomic E-state index is 13.6. The first-order chi connectivity index (χ1) is 16.0. The monoisotopic (exact) mass is 485 g/mol. The van der Waals surface area contributed by atoms with Crippen LogP contribution >= 0.6 is 0 Å². The van der Waals surface area contributed by atoms with E-state index in [4.69, 9.17) is 4.74 Å². The van der Waals surface area contributed by atoms with E-state index in [0.717, 1.165) is 28.7 Å². The lowest BCUT2D eigenvalue weighted by atomic mass is 9.87. The van der Waals surface area contributed by atoms with Crippen molar-refractivity contribution in [2.24, 2.45) is 0 Å². The van der Waals surface area contributed by atoms with Crippen molar-refractivity contribution in [3.05, 3.63) is 82.7 Å². The topological polar surface area (TPSA) is 93.2 Å². The Bertz CT molecular complexity index is 1410. The van der Waals surface area contributed by atoms with Crippen LogP contribution in [0.25, 0.3) is 22.4 Å². The molecule has 0 aliphatic heterocycles. The molecule has 0 atom stereocenters. The molecular formula is C26H23F4N3O2. The standard InChI is InChI=1S/C26H21F4N3O.H2O/c1-25(2,3)18-6-9-21-22(12-18)33-24(32-21)15-4-5-16(13-31)23(11-15)34-14-17-10-19(27)7-8-20(17)26(28,29)30;/h4-12H,14H2,1-3H3,(H,32,33);1H2. The first-order valence-corrected chi connectivity index (χ1v) is 10.5. The molecule has 0 unspecified atom stereocenters. The second-order valence-electron chi connectivity index (χ2n) is 8.98. The van der Waals surface area contributed by atoms with Gasteiger partial charge in [0, 0.05) is 11.1 Å². The number of aromatic amines is 1. The van der Waals surface area contributed by atoms with E-state index in [1.807, 2.05) is 24.3 Å². The van der Waals surface area contributed by atoms with Crippen LogP contribution in [0, 0.1) is 17.1 Å². The van der Waals surface area contributed by atoms with E-state index >= 15 is 0 Å². The van der Waals surface area contributed by atoms with Gasteiger partial charge in [-0.1, -0.05) is 26.8 Å². The van der Waals surface area contributed by atoms with Crippen molar-refractivity contribution in [1.29, 1.82) is 5.26 Å². The third-order valence-electron chi connectivity index (χ3n) is 5.48. The van der Waals surface area contributed by atoms with Gasteiger partial charge in [-0.2, -0.15) is 18.4 Å². The molecule has 4 aromatic rings. The number of hydrogen-bond donors (Lipinski definition) is 1. The van der Waals surface area contributed by atoms with Gasteiger partial charge in [-0.05, 0) is 59.5 Å². The predicted octanol–water partition coefficient (Wildman–Crippen LogP) is 6.31. The number of fused-ring (bicyclic) bond motifs is 1. The van der Waals surface area contributed by atoms with E-state index in [1.54, 1.807) is 6.07 Å². The second-order valence-corrected chi connectivity index (χ2v) is 8.98. The van der Waals surface area contributed by atoms with Crippen molar-refractivity contribution < 1.29 is 27.8 Å². The quantitative estimate of drug-likeness (QED) is 0.343. The van der Waals surface area contributed by atoms with E-state index in [0.29, 0.717) is 17.5 Å². The molecule has 0 aliphatic carbocycles. The van der Waals surface area contributed by atoms with E-state index < -0.39 is 24.2 Å². The number of hydrogen-bond acceptors (Lipinski definition) is 3. The fourth-order valence-electron chi connectivity index (χ4n) is 3.61. The molecule has 3 N–H and O–H groups in total. The number of imidazole rings is 1. The predicted molar refractivity (Wildman–Crippen MR) is 124 cm³/mol. The van der Waals surface area contributed by atoms with Crippen LogP contribution in [0.3, 0.4) is 0 Å². The Morgan fingerprint density at radius 3 is 2.40 bits per heavy atom. The molecule has 3 aromatic carbocycles. The molecule has 0 bridgehead atoms. The van der Waals surface area contributed by atoms with Crippen molar-refractivity contribution in [3.63, 3.8) is 0 Å². The molecule has 0 amide bonds. The molecule has 4 rings (SSSR count). The summed E-state index contributed by atoms with van der Waals surface area (Å²) in [5.41, 5.74) is 2.07. The number of rotatable bonds is 4. The molecule has 1 heterocycles. The molecule has 35 heavy (non-hydrogen) atoms. The van der Waals surface area contributed by atoms with Gasteiger partial charge in [0.1, 0.15) is 30.1 Å². The summed E-state index contributed by atoms with van der Waals surface area (Å²) in [6.45, 7) is 5.77. The van der Waals surface area contributed by atoms with Crippen LogP contribution in [-0.4, -0.2) is 15.4 Å². The normalized spacial score (nSPS) is 11.7. The highest BCUT2D eigenvalue weighted by Crippen LogP contribution is 2.34. The lowest BCUT2D eigenvalue weighted by Gasteiger charge is -2.18. The second kappa shape index (κ2) is 9.39. The summed E-state index contributed by atoms with van der Waals surface area (Å²) < 4.78 is 59.1. The van der Waals surface area contributed by atoms with Crippen LogP contribution in [-0.2, 0) is 18.2 Å². The zero-order valence-electron chi connectivity index (χ0n) is 19.2. The zero-order chi connectivity index (χ0) is 24.7. The smallest absolute Gasteiger partial charge is 0.416 e. The highest BCUT2D eigenvalue weighted by atomic mass is 19.4.